The number of carbonyl (C=O) groups is 2. The number of carbonyl (C=O) groups excluding carboxylic acids is 2. The van der Waals surface area contributed by atoms with Crippen LogP contribution in [0, 0.1) is 5.82 Å². The molecule has 0 saturated carbocycles. The third-order valence-electron chi connectivity index (χ3n) is 4.35. The normalized spacial score (nSPS) is 17.2. The standard InChI is InChI=1S/C20H21FN2O2/c21-17-9-4-6-15(12-17)13-19(24)22-18-10-5-11-23(14-18)20(25)16-7-2-1-3-8-16/h1-4,6-9,12,18H,5,10-11,13-14H2,(H,22,24). The van der Waals surface area contributed by atoms with E-state index in [2.05, 4.69) is 5.32 Å². The lowest BCUT2D eigenvalue weighted by Crippen LogP contribution is -2.49. The van der Waals surface area contributed by atoms with Crippen molar-refractivity contribution < 1.29 is 14.0 Å². The summed E-state index contributed by atoms with van der Waals surface area (Å²) in [5, 5.41) is 2.97. The van der Waals surface area contributed by atoms with Crippen LogP contribution in [0.2, 0.25) is 0 Å². The Kier molecular flexibility index (Phi) is 5.43. The smallest absolute Gasteiger partial charge is 0.253 e. The maximum atomic E-state index is 13.2. The van der Waals surface area contributed by atoms with E-state index in [1.54, 1.807) is 29.2 Å². The number of hydrogen-bond donors (Lipinski definition) is 1. The maximum Gasteiger partial charge on any atom is 0.253 e. The SMILES string of the molecule is O=C(Cc1cccc(F)c1)NC1CCCN(C(=O)c2ccccc2)C1. The topological polar surface area (TPSA) is 49.4 Å². The number of nitrogens with one attached hydrogen (secondary N) is 1. The third kappa shape index (κ3) is 4.66. The van der Waals surface area contributed by atoms with Gasteiger partial charge in [-0.05, 0) is 42.7 Å². The number of rotatable bonds is 4. The molecule has 0 aromatic heterocycles. The molecule has 1 unspecified atom stereocenters. The van der Waals surface area contributed by atoms with Crippen LogP contribution < -0.4 is 5.32 Å². The second-order valence-corrected chi connectivity index (χ2v) is 6.33. The zero-order valence-electron chi connectivity index (χ0n) is 14.0. The van der Waals surface area contributed by atoms with Crippen LogP contribution in [-0.2, 0) is 11.2 Å². The first kappa shape index (κ1) is 17.1. The van der Waals surface area contributed by atoms with Gasteiger partial charge in [0.2, 0.25) is 5.91 Å². The minimum absolute atomic E-state index is 0.00956. The summed E-state index contributed by atoms with van der Waals surface area (Å²) in [6.45, 7) is 1.20. The number of benzene rings is 2. The molecule has 2 amide bonds. The third-order valence-corrected chi connectivity index (χ3v) is 4.35. The summed E-state index contributed by atoms with van der Waals surface area (Å²) < 4.78 is 13.2. The highest BCUT2D eigenvalue weighted by molar-refractivity contribution is 5.94. The predicted octanol–water partition coefficient (Wildman–Crippen LogP) is 2.79. The Hall–Kier alpha value is -2.69. The quantitative estimate of drug-likeness (QED) is 0.930. The zero-order valence-corrected chi connectivity index (χ0v) is 14.0. The fraction of sp³-hybridized carbons (Fsp3) is 0.300. The van der Waals surface area contributed by atoms with Crippen molar-refractivity contribution in [2.45, 2.75) is 25.3 Å². The van der Waals surface area contributed by atoms with Gasteiger partial charge in [0.05, 0.1) is 6.42 Å². The lowest BCUT2D eigenvalue weighted by atomic mass is 10.0. The van der Waals surface area contributed by atoms with Crippen LogP contribution in [-0.4, -0.2) is 35.8 Å². The van der Waals surface area contributed by atoms with Crippen LogP contribution in [0.1, 0.15) is 28.8 Å². The molecule has 1 aliphatic heterocycles. The van der Waals surface area contributed by atoms with Gasteiger partial charge in [0, 0.05) is 24.7 Å². The molecule has 0 aliphatic carbocycles. The number of nitrogens with zero attached hydrogens (tertiary/aromatic N) is 1. The summed E-state index contributed by atoms with van der Waals surface area (Å²) in [5.41, 5.74) is 1.31. The van der Waals surface area contributed by atoms with E-state index in [0.717, 1.165) is 12.8 Å². The predicted molar refractivity (Wildman–Crippen MR) is 93.6 cm³/mol. The van der Waals surface area contributed by atoms with Gasteiger partial charge < -0.3 is 10.2 Å². The molecule has 1 aliphatic rings. The Morgan fingerprint density at radius 2 is 1.92 bits per heavy atom. The molecule has 1 N–H and O–H groups in total. The van der Waals surface area contributed by atoms with Gasteiger partial charge in [0.25, 0.3) is 5.91 Å². The summed E-state index contributed by atoms with van der Waals surface area (Å²) in [6, 6.07) is 15.1. The first-order valence-electron chi connectivity index (χ1n) is 8.50. The second kappa shape index (κ2) is 7.92. The molecule has 0 radical (unpaired) electrons. The molecule has 4 nitrogen and oxygen atoms in total. The van der Waals surface area contributed by atoms with Gasteiger partial charge in [-0.2, -0.15) is 0 Å². The van der Waals surface area contributed by atoms with Gasteiger partial charge >= 0.3 is 0 Å². The Balaban J connectivity index is 1.56. The largest absolute Gasteiger partial charge is 0.351 e. The van der Waals surface area contributed by atoms with Crippen LogP contribution in [0.3, 0.4) is 0 Å². The van der Waals surface area contributed by atoms with Crippen molar-refractivity contribution in [3.05, 3.63) is 71.5 Å². The number of amides is 2. The number of likely N-dealkylation sites (tertiary alicyclic amines) is 1. The van der Waals surface area contributed by atoms with Crippen LogP contribution in [0.4, 0.5) is 4.39 Å². The highest BCUT2D eigenvalue weighted by Crippen LogP contribution is 2.14. The summed E-state index contributed by atoms with van der Waals surface area (Å²) in [5.74, 6) is -0.503. The molecular weight excluding hydrogens is 319 g/mol. The van der Waals surface area contributed by atoms with Gasteiger partial charge in [-0.1, -0.05) is 30.3 Å². The second-order valence-electron chi connectivity index (χ2n) is 6.33. The molecule has 1 fully saturated rings. The summed E-state index contributed by atoms with van der Waals surface area (Å²) in [7, 11) is 0. The molecule has 5 heteroatoms. The number of hydrogen-bond acceptors (Lipinski definition) is 2. The molecule has 1 heterocycles. The van der Waals surface area contributed by atoms with Crippen molar-refractivity contribution in [1.82, 2.24) is 10.2 Å². The van der Waals surface area contributed by atoms with Crippen molar-refractivity contribution in [3.8, 4) is 0 Å². The highest BCUT2D eigenvalue weighted by atomic mass is 19.1. The first-order chi connectivity index (χ1) is 12.1. The molecule has 0 spiro atoms. The van der Waals surface area contributed by atoms with Crippen molar-refractivity contribution >= 4 is 11.8 Å². The average molecular weight is 340 g/mol. The fourth-order valence-electron chi connectivity index (χ4n) is 3.15. The summed E-state index contributed by atoms with van der Waals surface area (Å²) >= 11 is 0. The molecule has 2 aromatic carbocycles. The number of piperidine rings is 1. The highest BCUT2D eigenvalue weighted by Gasteiger charge is 2.25. The van der Waals surface area contributed by atoms with Gasteiger partial charge in [-0.25, -0.2) is 4.39 Å². The van der Waals surface area contributed by atoms with Gasteiger partial charge in [0.1, 0.15) is 5.82 Å². The van der Waals surface area contributed by atoms with Crippen molar-refractivity contribution in [2.75, 3.05) is 13.1 Å². The van der Waals surface area contributed by atoms with E-state index < -0.39 is 0 Å². The Bertz CT molecular complexity index is 748. The van der Waals surface area contributed by atoms with Gasteiger partial charge in [-0.3, -0.25) is 9.59 Å². The Morgan fingerprint density at radius 3 is 2.68 bits per heavy atom. The molecule has 1 saturated heterocycles. The van der Waals surface area contributed by atoms with E-state index in [0.29, 0.717) is 24.2 Å². The molecule has 130 valence electrons. The number of halogens is 1. The van der Waals surface area contributed by atoms with E-state index >= 15 is 0 Å². The van der Waals surface area contributed by atoms with Crippen LogP contribution >= 0.6 is 0 Å². The molecule has 25 heavy (non-hydrogen) atoms. The van der Waals surface area contributed by atoms with E-state index in [1.807, 2.05) is 18.2 Å². The zero-order chi connectivity index (χ0) is 17.6. The van der Waals surface area contributed by atoms with E-state index in [1.165, 1.54) is 12.1 Å². The molecule has 0 bridgehead atoms. The van der Waals surface area contributed by atoms with Crippen LogP contribution in [0.25, 0.3) is 0 Å². The van der Waals surface area contributed by atoms with Crippen molar-refractivity contribution in [3.63, 3.8) is 0 Å². The summed E-state index contributed by atoms with van der Waals surface area (Å²) in [6.07, 6.45) is 1.83. The van der Waals surface area contributed by atoms with E-state index in [-0.39, 0.29) is 30.1 Å². The lowest BCUT2D eigenvalue weighted by Gasteiger charge is -2.33. The molecule has 3 rings (SSSR count). The molecular formula is C20H21FN2O2. The monoisotopic (exact) mass is 340 g/mol. The Morgan fingerprint density at radius 1 is 1.12 bits per heavy atom. The minimum Gasteiger partial charge on any atom is -0.351 e. The fourth-order valence-corrected chi connectivity index (χ4v) is 3.15. The maximum absolute atomic E-state index is 13.2. The first-order valence-corrected chi connectivity index (χ1v) is 8.50. The average Bonchev–Trinajstić information content (AvgIpc) is 2.62. The van der Waals surface area contributed by atoms with Crippen molar-refractivity contribution in [2.24, 2.45) is 0 Å². The van der Waals surface area contributed by atoms with Gasteiger partial charge in [0.15, 0.2) is 0 Å². The van der Waals surface area contributed by atoms with Crippen LogP contribution in [0.15, 0.2) is 54.6 Å². The van der Waals surface area contributed by atoms with Crippen LogP contribution in [0.5, 0.6) is 0 Å². The lowest BCUT2D eigenvalue weighted by molar-refractivity contribution is -0.121. The summed E-state index contributed by atoms with van der Waals surface area (Å²) in [4.78, 5) is 26.5. The van der Waals surface area contributed by atoms with Crippen molar-refractivity contribution in [1.29, 1.82) is 0 Å². The Labute approximate surface area is 146 Å². The molecule has 1 atom stereocenters. The minimum atomic E-state index is -0.345. The van der Waals surface area contributed by atoms with E-state index in [9.17, 15) is 14.0 Å². The molecule has 2 aromatic rings. The van der Waals surface area contributed by atoms with Gasteiger partial charge in [-0.15, -0.1) is 0 Å². The van der Waals surface area contributed by atoms with E-state index in [4.69, 9.17) is 0 Å².